The van der Waals surface area contributed by atoms with Gasteiger partial charge in [0.15, 0.2) is 0 Å². The number of nitrogens with one attached hydrogen (secondary N) is 1. The number of aromatic nitrogens is 1. The molecule has 0 aliphatic rings. The van der Waals surface area contributed by atoms with Gasteiger partial charge in [-0.2, -0.15) is 5.10 Å². The van der Waals surface area contributed by atoms with Crippen molar-refractivity contribution in [1.82, 2.24) is 9.99 Å². The standard InChI is InChI=1S/C27H23N3O3/c1-19(31)29-28-18-23-17-25(20-9-5-3-6-10-20)30(26(23)21-11-7-4-8-12-21)24-15-13-22(14-16-24)27(32)33-2/h3-18H,1-2H3,(H,29,31)/b28-18+. The number of nitrogens with zero attached hydrogens (tertiary/aromatic N) is 2. The van der Waals surface area contributed by atoms with Gasteiger partial charge in [-0.15, -0.1) is 0 Å². The summed E-state index contributed by atoms with van der Waals surface area (Å²) in [6.07, 6.45) is 1.65. The molecule has 1 heterocycles. The maximum absolute atomic E-state index is 11.9. The molecule has 6 heteroatoms. The minimum atomic E-state index is -0.385. The summed E-state index contributed by atoms with van der Waals surface area (Å²) in [7, 11) is 1.36. The van der Waals surface area contributed by atoms with Crippen molar-refractivity contribution in [3.63, 3.8) is 0 Å². The number of hydrazone groups is 1. The monoisotopic (exact) mass is 437 g/mol. The van der Waals surface area contributed by atoms with E-state index in [1.165, 1.54) is 14.0 Å². The lowest BCUT2D eigenvalue weighted by Gasteiger charge is -2.15. The molecule has 0 saturated heterocycles. The van der Waals surface area contributed by atoms with Gasteiger partial charge in [-0.25, -0.2) is 10.2 Å². The van der Waals surface area contributed by atoms with Crippen LogP contribution in [0.15, 0.2) is 96.1 Å². The van der Waals surface area contributed by atoms with E-state index in [4.69, 9.17) is 4.74 Å². The highest BCUT2D eigenvalue weighted by Gasteiger charge is 2.19. The van der Waals surface area contributed by atoms with Crippen molar-refractivity contribution in [2.75, 3.05) is 7.11 Å². The molecule has 0 unspecified atom stereocenters. The van der Waals surface area contributed by atoms with Crippen LogP contribution in [0.2, 0.25) is 0 Å². The molecule has 0 spiro atoms. The number of carbonyl (C=O) groups is 2. The Hall–Kier alpha value is -4.45. The molecule has 0 fully saturated rings. The second kappa shape index (κ2) is 9.78. The molecular formula is C27H23N3O3. The molecule has 4 rings (SSSR count). The highest BCUT2D eigenvalue weighted by Crippen LogP contribution is 2.35. The van der Waals surface area contributed by atoms with Crippen molar-refractivity contribution in [1.29, 1.82) is 0 Å². The SMILES string of the molecule is COC(=O)c1ccc(-n2c(-c3ccccc3)cc(/C=N/NC(C)=O)c2-c2ccccc2)cc1. The zero-order valence-corrected chi connectivity index (χ0v) is 18.4. The molecule has 0 aliphatic heterocycles. The first kappa shape index (κ1) is 21.8. The predicted octanol–water partition coefficient (Wildman–Crippen LogP) is 5.07. The van der Waals surface area contributed by atoms with Gasteiger partial charge in [0.2, 0.25) is 5.91 Å². The molecule has 1 N–H and O–H groups in total. The molecule has 33 heavy (non-hydrogen) atoms. The molecule has 4 aromatic rings. The molecule has 0 aliphatic carbocycles. The van der Waals surface area contributed by atoms with Gasteiger partial charge in [0, 0.05) is 18.2 Å². The topological polar surface area (TPSA) is 72.7 Å². The lowest BCUT2D eigenvalue weighted by molar-refractivity contribution is -0.118. The average molecular weight is 437 g/mol. The number of rotatable bonds is 6. The van der Waals surface area contributed by atoms with Crippen molar-refractivity contribution in [2.45, 2.75) is 6.92 Å². The summed E-state index contributed by atoms with van der Waals surface area (Å²) >= 11 is 0. The fourth-order valence-electron chi connectivity index (χ4n) is 3.67. The largest absolute Gasteiger partial charge is 0.465 e. The fourth-order valence-corrected chi connectivity index (χ4v) is 3.67. The quantitative estimate of drug-likeness (QED) is 0.260. The number of methoxy groups -OCH3 is 1. The van der Waals surface area contributed by atoms with Gasteiger partial charge in [-0.1, -0.05) is 60.7 Å². The number of benzene rings is 3. The van der Waals surface area contributed by atoms with Crippen LogP contribution in [0, 0.1) is 0 Å². The Labute approximate surface area is 192 Å². The molecule has 0 radical (unpaired) electrons. The zero-order chi connectivity index (χ0) is 23.2. The van der Waals surface area contributed by atoms with Crippen LogP contribution in [-0.4, -0.2) is 29.8 Å². The second-order valence-corrected chi connectivity index (χ2v) is 7.37. The summed E-state index contributed by atoms with van der Waals surface area (Å²) in [6.45, 7) is 1.42. The maximum atomic E-state index is 11.9. The molecule has 1 aromatic heterocycles. The number of hydrogen-bond donors (Lipinski definition) is 1. The van der Waals surface area contributed by atoms with Crippen molar-refractivity contribution < 1.29 is 14.3 Å². The minimum Gasteiger partial charge on any atom is -0.465 e. The van der Waals surface area contributed by atoms with Gasteiger partial charge in [0.25, 0.3) is 0 Å². The Bertz CT molecular complexity index is 1290. The van der Waals surface area contributed by atoms with Crippen LogP contribution in [0.1, 0.15) is 22.8 Å². The van der Waals surface area contributed by atoms with Crippen LogP contribution < -0.4 is 5.43 Å². The van der Waals surface area contributed by atoms with E-state index in [9.17, 15) is 9.59 Å². The summed E-state index contributed by atoms with van der Waals surface area (Å²) in [4.78, 5) is 23.3. The molecule has 0 bridgehead atoms. The van der Waals surface area contributed by atoms with Gasteiger partial charge >= 0.3 is 5.97 Å². The first-order valence-electron chi connectivity index (χ1n) is 10.4. The van der Waals surface area contributed by atoms with E-state index in [2.05, 4.69) is 15.1 Å². The van der Waals surface area contributed by atoms with Crippen LogP contribution >= 0.6 is 0 Å². The number of hydrogen-bond acceptors (Lipinski definition) is 4. The lowest BCUT2D eigenvalue weighted by atomic mass is 10.1. The number of carbonyl (C=O) groups excluding carboxylic acids is 2. The molecule has 1 amide bonds. The van der Waals surface area contributed by atoms with Crippen LogP contribution in [0.25, 0.3) is 28.2 Å². The summed E-state index contributed by atoms with van der Waals surface area (Å²) in [5.41, 5.74) is 8.53. The van der Waals surface area contributed by atoms with Crippen LogP contribution in [0.4, 0.5) is 0 Å². The second-order valence-electron chi connectivity index (χ2n) is 7.37. The first-order valence-corrected chi connectivity index (χ1v) is 10.4. The number of esters is 1. The molecule has 0 saturated carbocycles. The smallest absolute Gasteiger partial charge is 0.337 e. The van der Waals surface area contributed by atoms with Crippen molar-refractivity contribution in [3.05, 3.63) is 102 Å². The van der Waals surface area contributed by atoms with Crippen molar-refractivity contribution in [2.24, 2.45) is 5.10 Å². The highest BCUT2D eigenvalue weighted by molar-refractivity contribution is 5.94. The Balaban J connectivity index is 1.97. The third kappa shape index (κ3) is 4.75. The van der Waals surface area contributed by atoms with Crippen LogP contribution in [0.3, 0.4) is 0 Å². The molecule has 164 valence electrons. The van der Waals surface area contributed by atoms with Gasteiger partial charge in [-0.3, -0.25) is 4.79 Å². The van der Waals surface area contributed by atoms with E-state index in [0.717, 1.165) is 33.8 Å². The molecular weight excluding hydrogens is 414 g/mol. The Morgan fingerprint density at radius 2 is 1.48 bits per heavy atom. The number of ether oxygens (including phenoxy) is 1. The summed E-state index contributed by atoms with van der Waals surface area (Å²) in [6, 6.07) is 29.3. The first-order chi connectivity index (χ1) is 16.1. The van der Waals surface area contributed by atoms with Crippen molar-refractivity contribution in [3.8, 4) is 28.2 Å². The third-order valence-corrected chi connectivity index (χ3v) is 5.12. The maximum Gasteiger partial charge on any atom is 0.337 e. The van der Waals surface area contributed by atoms with Gasteiger partial charge in [0.05, 0.1) is 30.3 Å². The Morgan fingerprint density at radius 3 is 2.06 bits per heavy atom. The van der Waals surface area contributed by atoms with Crippen LogP contribution in [0.5, 0.6) is 0 Å². The Kier molecular flexibility index (Phi) is 6.45. The Morgan fingerprint density at radius 1 is 0.879 bits per heavy atom. The van der Waals surface area contributed by atoms with E-state index in [-0.39, 0.29) is 11.9 Å². The minimum absolute atomic E-state index is 0.242. The van der Waals surface area contributed by atoms with E-state index in [1.807, 2.05) is 78.9 Å². The van der Waals surface area contributed by atoms with Gasteiger partial charge in [-0.05, 0) is 41.5 Å². The summed E-state index contributed by atoms with van der Waals surface area (Å²) < 4.78 is 6.96. The predicted molar refractivity (Wildman–Crippen MR) is 129 cm³/mol. The molecule has 3 aromatic carbocycles. The molecule has 6 nitrogen and oxygen atoms in total. The molecule has 0 atom stereocenters. The third-order valence-electron chi connectivity index (χ3n) is 5.12. The van der Waals surface area contributed by atoms with E-state index in [0.29, 0.717) is 5.56 Å². The zero-order valence-electron chi connectivity index (χ0n) is 18.4. The summed E-state index contributed by atoms with van der Waals surface area (Å²) in [5.74, 6) is -0.627. The summed E-state index contributed by atoms with van der Waals surface area (Å²) in [5, 5.41) is 4.12. The van der Waals surface area contributed by atoms with E-state index >= 15 is 0 Å². The lowest BCUT2D eigenvalue weighted by Crippen LogP contribution is -2.12. The fraction of sp³-hybridized carbons (Fsp3) is 0.0741. The van der Waals surface area contributed by atoms with E-state index < -0.39 is 0 Å². The average Bonchev–Trinajstić information content (AvgIpc) is 3.24. The van der Waals surface area contributed by atoms with E-state index in [1.54, 1.807) is 18.3 Å². The van der Waals surface area contributed by atoms with Gasteiger partial charge < -0.3 is 9.30 Å². The van der Waals surface area contributed by atoms with Gasteiger partial charge in [0.1, 0.15) is 0 Å². The highest BCUT2D eigenvalue weighted by atomic mass is 16.5. The number of amides is 1. The van der Waals surface area contributed by atoms with Crippen molar-refractivity contribution >= 4 is 18.1 Å². The van der Waals surface area contributed by atoms with Crippen LogP contribution in [-0.2, 0) is 9.53 Å². The normalized spacial score (nSPS) is 10.8.